The fraction of sp³-hybridized carbons (Fsp3) is 0.750. The van der Waals surface area contributed by atoms with E-state index in [1.54, 1.807) is 4.68 Å². The summed E-state index contributed by atoms with van der Waals surface area (Å²) in [5.74, 6) is -0.0172. The average Bonchev–Trinajstić information content (AvgIpc) is 3.03. The van der Waals surface area contributed by atoms with Crippen LogP contribution in [0.4, 0.5) is 0 Å². The zero-order valence-electron chi connectivity index (χ0n) is 10.4. The van der Waals surface area contributed by atoms with Crippen LogP contribution in [0.25, 0.3) is 0 Å². The van der Waals surface area contributed by atoms with Gasteiger partial charge >= 0.3 is 5.97 Å². The quantitative estimate of drug-likeness (QED) is 0.859. The minimum atomic E-state index is -0.803. The molecule has 2 fully saturated rings. The summed E-state index contributed by atoms with van der Waals surface area (Å²) in [4.78, 5) is 15.9. The van der Waals surface area contributed by atoms with E-state index in [0.29, 0.717) is 19.4 Å². The zero-order chi connectivity index (χ0) is 12.8. The number of hydrogen-bond donors (Lipinski definition) is 1. The van der Waals surface area contributed by atoms with Crippen molar-refractivity contribution in [2.45, 2.75) is 51.4 Å². The Morgan fingerprint density at radius 3 is 3.06 bits per heavy atom. The van der Waals surface area contributed by atoms with Gasteiger partial charge in [0.1, 0.15) is 17.6 Å². The molecule has 0 saturated carbocycles. The molecule has 98 valence electrons. The van der Waals surface area contributed by atoms with E-state index < -0.39 is 11.4 Å². The lowest BCUT2D eigenvalue weighted by atomic mass is 9.71. The van der Waals surface area contributed by atoms with Crippen LogP contribution in [0.3, 0.4) is 0 Å². The van der Waals surface area contributed by atoms with Gasteiger partial charge in [0, 0.05) is 13.0 Å². The molecule has 0 aliphatic carbocycles. The molecule has 1 aromatic rings. The topological polar surface area (TPSA) is 77.2 Å². The highest BCUT2D eigenvalue weighted by molar-refractivity contribution is 5.76. The minimum Gasteiger partial charge on any atom is -0.481 e. The molecule has 3 heterocycles. The van der Waals surface area contributed by atoms with Crippen molar-refractivity contribution in [3.05, 3.63) is 12.2 Å². The smallest absolute Gasteiger partial charge is 0.312 e. The van der Waals surface area contributed by atoms with Crippen molar-refractivity contribution in [3.8, 4) is 0 Å². The maximum Gasteiger partial charge on any atom is 0.312 e. The van der Waals surface area contributed by atoms with Gasteiger partial charge in [0.2, 0.25) is 0 Å². The summed E-state index contributed by atoms with van der Waals surface area (Å²) in [5.41, 5.74) is -0.803. The third-order valence-electron chi connectivity index (χ3n) is 4.21. The molecule has 2 bridgehead atoms. The van der Waals surface area contributed by atoms with Crippen molar-refractivity contribution < 1.29 is 14.6 Å². The second kappa shape index (κ2) is 4.05. The zero-order valence-corrected chi connectivity index (χ0v) is 10.4. The Labute approximate surface area is 105 Å². The van der Waals surface area contributed by atoms with E-state index in [2.05, 4.69) is 10.1 Å². The summed E-state index contributed by atoms with van der Waals surface area (Å²) in [7, 11) is 0. The van der Waals surface area contributed by atoms with Gasteiger partial charge in [-0.15, -0.1) is 0 Å². The minimum absolute atomic E-state index is 0.115. The molecule has 0 aromatic carbocycles. The maximum absolute atomic E-state index is 11.7. The SMILES string of the molecule is CCn1ncnc1CC1(C(=O)O)CC2CCC1O2. The Balaban J connectivity index is 1.90. The Morgan fingerprint density at radius 1 is 1.67 bits per heavy atom. The molecule has 2 saturated heterocycles. The molecule has 6 nitrogen and oxygen atoms in total. The number of aryl methyl sites for hydroxylation is 1. The van der Waals surface area contributed by atoms with Gasteiger partial charge in [-0.3, -0.25) is 9.48 Å². The number of fused-ring (bicyclic) bond motifs is 2. The molecular formula is C12H17N3O3. The van der Waals surface area contributed by atoms with Crippen LogP contribution in [0.1, 0.15) is 32.0 Å². The Bertz CT molecular complexity index is 473. The van der Waals surface area contributed by atoms with Crippen LogP contribution in [0, 0.1) is 5.41 Å². The molecule has 3 unspecified atom stereocenters. The first-order valence-electron chi connectivity index (χ1n) is 6.41. The van der Waals surface area contributed by atoms with Crippen LogP contribution < -0.4 is 0 Å². The van der Waals surface area contributed by atoms with E-state index in [1.165, 1.54) is 6.33 Å². The Morgan fingerprint density at radius 2 is 2.50 bits per heavy atom. The molecule has 18 heavy (non-hydrogen) atoms. The van der Waals surface area contributed by atoms with Gasteiger partial charge in [-0.1, -0.05) is 0 Å². The molecule has 0 spiro atoms. The first-order chi connectivity index (χ1) is 8.65. The summed E-state index contributed by atoms with van der Waals surface area (Å²) in [6, 6.07) is 0. The lowest BCUT2D eigenvalue weighted by Crippen LogP contribution is -2.42. The molecule has 3 atom stereocenters. The van der Waals surface area contributed by atoms with Gasteiger partial charge < -0.3 is 9.84 Å². The molecule has 0 radical (unpaired) electrons. The van der Waals surface area contributed by atoms with Gasteiger partial charge in [0.25, 0.3) is 0 Å². The van der Waals surface area contributed by atoms with E-state index in [1.807, 2.05) is 6.92 Å². The third-order valence-corrected chi connectivity index (χ3v) is 4.21. The molecule has 2 aliphatic heterocycles. The van der Waals surface area contributed by atoms with E-state index in [9.17, 15) is 9.90 Å². The van der Waals surface area contributed by atoms with Crippen LogP contribution in [0.2, 0.25) is 0 Å². The van der Waals surface area contributed by atoms with Gasteiger partial charge in [0.05, 0.1) is 12.2 Å². The Kier molecular flexibility index (Phi) is 2.62. The largest absolute Gasteiger partial charge is 0.481 e. The van der Waals surface area contributed by atoms with E-state index in [4.69, 9.17) is 4.74 Å². The lowest BCUT2D eigenvalue weighted by molar-refractivity contribution is -0.152. The van der Waals surface area contributed by atoms with Crippen molar-refractivity contribution >= 4 is 5.97 Å². The summed E-state index contributed by atoms with van der Waals surface area (Å²) >= 11 is 0. The number of nitrogens with zero attached hydrogens (tertiary/aromatic N) is 3. The molecular weight excluding hydrogens is 234 g/mol. The molecule has 3 rings (SSSR count). The van der Waals surface area contributed by atoms with Crippen LogP contribution in [0.15, 0.2) is 6.33 Å². The predicted molar refractivity (Wildman–Crippen MR) is 62.0 cm³/mol. The van der Waals surface area contributed by atoms with Gasteiger partial charge in [-0.2, -0.15) is 5.10 Å². The summed E-state index contributed by atoms with van der Waals surface area (Å²) in [6.45, 7) is 2.68. The molecule has 1 aromatic heterocycles. The normalized spacial score (nSPS) is 34.1. The van der Waals surface area contributed by atoms with Crippen molar-refractivity contribution in [2.24, 2.45) is 5.41 Å². The molecule has 0 amide bonds. The number of carbonyl (C=O) groups is 1. The van der Waals surface area contributed by atoms with Crippen molar-refractivity contribution in [1.29, 1.82) is 0 Å². The van der Waals surface area contributed by atoms with Crippen molar-refractivity contribution in [1.82, 2.24) is 14.8 Å². The predicted octanol–water partition coefficient (Wildman–Crippen LogP) is 0.863. The molecule has 6 heteroatoms. The van der Waals surface area contributed by atoms with Crippen molar-refractivity contribution in [2.75, 3.05) is 0 Å². The number of hydrogen-bond acceptors (Lipinski definition) is 4. The van der Waals surface area contributed by atoms with E-state index in [-0.39, 0.29) is 12.2 Å². The van der Waals surface area contributed by atoms with E-state index >= 15 is 0 Å². The summed E-state index contributed by atoms with van der Waals surface area (Å²) < 4.78 is 7.49. The van der Waals surface area contributed by atoms with Crippen LogP contribution >= 0.6 is 0 Å². The molecule has 2 aliphatic rings. The summed E-state index contributed by atoms with van der Waals surface area (Å²) in [6.07, 6.45) is 4.28. The number of rotatable bonds is 4. The number of aromatic nitrogens is 3. The highest BCUT2D eigenvalue weighted by atomic mass is 16.5. The lowest BCUT2D eigenvalue weighted by Gasteiger charge is -2.30. The van der Waals surface area contributed by atoms with Gasteiger partial charge in [-0.05, 0) is 26.2 Å². The van der Waals surface area contributed by atoms with E-state index in [0.717, 1.165) is 18.7 Å². The third kappa shape index (κ3) is 1.55. The second-order valence-electron chi connectivity index (χ2n) is 5.16. The first-order valence-corrected chi connectivity index (χ1v) is 6.41. The maximum atomic E-state index is 11.7. The van der Waals surface area contributed by atoms with Gasteiger partial charge in [-0.25, -0.2) is 4.98 Å². The second-order valence-corrected chi connectivity index (χ2v) is 5.16. The highest BCUT2D eigenvalue weighted by Crippen LogP contribution is 2.49. The number of carboxylic acids is 1. The molecule has 1 N–H and O–H groups in total. The number of aliphatic carboxylic acids is 1. The van der Waals surface area contributed by atoms with Crippen molar-refractivity contribution in [3.63, 3.8) is 0 Å². The monoisotopic (exact) mass is 251 g/mol. The van der Waals surface area contributed by atoms with Crippen LogP contribution in [-0.2, 0) is 22.5 Å². The average molecular weight is 251 g/mol. The summed E-state index contributed by atoms with van der Waals surface area (Å²) in [5, 5.41) is 13.7. The van der Waals surface area contributed by atoms with Crippen LogP contribution in [0.5, 0.6) is 0 Å². The van der Waals surface area contributed by atoms with Crippen LogP contribution in [-0.4, -0.2) is 38.0 Å². The number of carboxylic acid groups (broad SMARTS) is 1. The van der Waals surface area contributed by atoms with Gasteiger partial charge in [0.15, 0.2) is 0 Å². The first kappa shape index (κ1) is 11.6. The Hall–Kier alpha value is -1.43. The fourth-order valence-corrected chi connectivity index (χ4v) is 3.26. The number of ether oxygens (including phenoxy) is 1. The highest BCUT2D eigenvalue weighted by Gasteiger charge is 2.57. The fourth-order valence-electron chi connectivity index (χ4n) is 3.26. The standard InChI is InChI=1S/C12H17N3O3/c1-2-15-10(13-7-14-15)6-12(11(16)17)5-8-3-4-9(12)18-8/h7-9H,2-6H2,1H3,(H,16,17).